The number of halogens is 3. The fraction of sp³-hybridized carbons (Fsp3) is 0.409. The second kappa shape index (κ2) is 11.8. The Labute approximate surface area is 191 Å². The lowest BCUT2D eigenvalue weighted by Crippen LogP contribution is -2.34. The van der Waals surface area contributed by atoms with Crippen LogP contribution in [0.1, 0.15) is 47.8 Å². The van der Waals surface area contributed by atoms with Crippen LogP contribution in [0.4, 0.5) is 18.9 Å². The van der Waals surface area contributed by atoms with Crippen LogP contribution < -0.4 is 15.4 Å². The van der Waals surface area contributed by atoms with Crippen LogP contribution in [0, 0.1) is 0 Å². The molecule has 174 valence electrons. The molecule has 10 heteroatoms. The third-order valence-corrected chi connectivity index (χ3v) is 4.54. The number of aromatic nitrogens is 1. The fourth-order valence-electron chi connectivity index (χ4n) is 2.80. The lowest BCUT2D eigenvalue weighted by molar-refractivity contribution is -0.138. The molecule has 0 spiro atoms. The van der Waals surface area contributed by atoms with Gasteiger partial charge in [0, 0.05) is 18.4 Å². The summed E-state index contributed by atoms with van der Waals surface area (Å²) in [6.45, 7) is 2.83. The number of alkyl halides is 3. The van der Waals surface area contributed by atoms with Gasteiger partial charge in [-0.1, -0.05) is 19.8 Å². The van der Waals surface area contributed by atoms with E-state index >= 15 is 0 Å². The average molecular weight is 469 g/mol. The van der Waals surface area contributed by atoms with Gasteiger partial charge >= 0.3 is 6.18 Å². The summed E-state index contributed by atoms with van der Waals surface area (Å²) in [7, 11) is 3.81. The van der Waals surface area contributed by atoms with Gasteiger partial charge in [-0.2, -0.15) is 13.2 Å². The number of ether oxygens (including phenoxy) is 1. The lowest BCUT2D eigenvalue weighted by atomic mass is 10.1. The topological polar surface area (TPSA) is 66.5 Å². The van der Waals surface area contributed by atoms with Crippen LogP contribution in [0.15, 0.2) is 36.5 Å². The number of amides is 1. The number of thiocarbonyl (C=S) groups is 1. The number of carbonyl (C=O) groups excluding carboxylic acids is 1. The summed E-state index contributed by atoms with van der Waals surface area (Å²) in [5, 5.41) is 4.93. The minimum Gasteiger partial charge on any atom is -0.493 e. The molecule has 1 aromatic carbocycles. The Morgan fingerprint density at radius 2 is 1.94 bits per heavy atom. The van der Waals surface area contributed by atoms with Gasteiger partial charge in [0.2, 0.25) is 0 Å². The molecule has 2 N–H and O–H groups in total. The maximum absolute atomic E-state index is 13.5. The normalized spacial score (nSPS) is 11.3. The average Bonchev–Trinajstić information content (AvgIpc) is 2.71. The van der Waals surface area contributed by atoms with E-state index in [2.05, 4.69) is 15.6 Å². The molecule has 1 aromatic heterocycles. The van der Waals surface area contributed by atoms with Crippen molar-refractivity contribution in [2.24, 2.45) is 0 Å². The van der Waals surface area contributed by atoms with Crippen molar-refractivity contribution in [1.29, 1.82) is 0 Å². The van der Waals surface area contributed by atoms with E-state index in [9.17, 15) is 18.0 Å². The maximum atomic E-state index is 13.5. The zero-order chi connectivity index (χ0) is 23.7. The number of carbonyl (C=O) groups is 1. The molecule has 1 heterocycles. The third kappa shape index (κ3) is 8.08. The lowest BCUT2D eigenvalue weighted by Gasteiger charge is -2.16. The molecular formula is C22H27F3N4O2S. The number of benzene rings is 1. The van der Waals surface area contributed by atoms with Crippen LogP contribution in [-0.4, -0.2) is 41.6 Å². The first-order valence-corrected chi connectivity index (χ1v) is 10.6. The van der Waals surface area contributed by atoms with Gasteiger partial charge in [-0.15, -0.1) is 0 Å². The quantitative estimate of drug-likeness (QED) is 0.405. The second-order valence-corrected chi connectivity index (χ2v) is 7.86. The zero-order valence-electron chi connectivity index (χ0n) is 18.3. The van der Waals surface area contributed by atoms with Crippen molar-refractivity contribution in [1.82, 2.24) is 15.2 Å². The molecule has 6 nitrogen and oxygen atoms in total. The predicted molar refractivity (Wildman–Crippen MR) is 122 cm³/mol. The Kier molecular flexibility index (Phi) is 9.40. The molecule has 0 atom stereocenters. The molecule has 0 aliphatic rings. The molecule has 0 saturated carbocycles. The van der Waals surface area contributed by atoms with E-state index in [1.807, 2.05) is 25.9 Å². The van der Waals surface area contributed by atoms with Crippen molar-refractivity contribution in [3.05, 3.63) is 53.3 Å². The van der Waals surface area contributed by atoms with E-state index in [1.165, 1.54) is 18.3 Å². The summed E-state index contributed by atoms with van der Waals surface area (Å²) in [5.74, 6) is -0.753. The van der Waals surface area contributed by atoms with Crippen molar-refractivity contribution in [2.75, 3.05) is 26.0 Å². The Morgan fingerprint density at radius 1 is 1.19 bits per heavy atom. The number of anilines is 1. The molecule has 0 aliphatic heterocycles. The summed E-state index contributed by atoms with van der Waals surface area (Å²) in [5.41, 5.74) is 0.254. The maximum Gasteiger partial charge on any atom is 0.420 e. The van der Waals surface area contributed by atoms with Crippen LogP contribution in [0.2, 0.25) is 0 Å². The summed E-state index contributed by atoms with van der Waals surface area (Å²) in [4.78, 5) is 18.5. The fourth-order valence-corrected chi connectivity index (χ4v) is 3.01. The number of unbranched alkanes of at least 4 members (excludes halogenated alkanes) is 2. The molecule has 2 aromatic rings. The summed E-state index contributed by atoms with van der Waals surface area (Å²) in [6.07, 6.45) is -0.679. The van der Waals surface area contributed by atoms with Crippen molar-refractivity contribution >= 4 is 28.9 Å². The number of rotatable bonds is 9. The van der Waals surface area contributed by atoms with Gasteiger partial charge in [-0.25, -0.2) is 0 Å². The molecule has 0 aliphatic carbocycles. The van der Waals surface area contributed by atoms with Crippen molar-refractivity contribution in [2.45, 2.75) is 38.9 Å². The molecule has 0 unspecified atom stereocenters. The van der Waals surface area contributed by atoms with Gasteiger partial charge in [0.25, 0.3) is 5.91 Å². The Hall–Kier alpha value is -2.72. The van der Waals surface area contributed by atoms with Gasteiger partial charge in [-0.05, 0) is 63.1 Å². The molecule has 0 fully saturated rings. The van der Waals surface area contributed by atoms with E-state index in [-0.39, 0.29) is 28.7 Å². The van der Waals surface area contributed by atoms with Crippen LogP contribution in [0.25, 0.3) is 0 Å². The summed E-state index contributed by atoms with van der Waals surface area (Å²) in [6, 6.07) is 6.90. The molecular weight excluding hydrogens is 441 g/mol. The first-order chi connectivity index (χ1) is 15.1. The van der Waals surface area contributed by atoms with Crippen molar-refractivity contribution < 1.29 is 22.7 Å². The van der Waals surface area contributed by atoms with E-state index in [0.29, 0.717) is 13.0 Å². The number of nitrogens with one attached hydrogen (secondary N) is 2. The Morgan fingerprint density at radius 3 is 2.53 bits per heavy atom. The highest BCUT2D eigenvalue weighted by Crippen LogP contribution is 2.38. The molecule has 1 amide bonds. The summed E-state index contributed by atoms with van der Waals surface area (Å²) < 4.78 is 45.7. The van der Waals surface area contributed by atoms with Crippen molar-refractivity contribution in [3.8, 4) is 5.75 Å². The van der Waals surface area contributed by atoms with Gasteiger partial charge in [0.1, 0.15) is 5.75 Å². The van der Waals surface area contributed by atoms with Crippen LogP contribution in [0.3, 0.4) is 0 Å². The number of pyridine rings is 1. The SMILES string of the molecule is CCCCCOc1ccc(NC(=S)NC(=O)c2ccc(CN(C)C)nc2)cc1C(F)(F)F. The highest BCUT2D eigenvalue weighted by molar-refractivity contribution is 7.80. The van der Waals surface area contributed by atoms with Gasteiger partial charge in [0.15, 0.2) is 5.11 Å². The van der Waals surface area contributed by atoms with Crippen LogP contribution >= 0.6 is 12.2 Å². The highest BCUT2D eigenvalue weighted by Gasteiger charge is 2.34. The smallest absolute Gasteiger partial charge is 0.420 e. The second-order valence-electron chi connectivity index (χ2n) is 7.45. The van der Waals surface area contributed by atoms with Gasteiger partial charge in [0.05, 0.1) is 23.4 Å². The van der Waals surface area contributed by atoms with E-state index in [1.54, 1.807) is 12.1 Å². The third-order valence-electron chi connectivity index (χ3n) is 4.34. The zero-order valence-corrected chi connectivity index (χ0v) is 19.1. The molecule has 32 heavy (non-hydrogen) atoms. The number of hydrogen-bond acceptors (Lipinski definition) is 5. The van der Waals surface area contributed by atoms with E-state index in [0.717, 1.165) is 24.6 Å². The summed E-state index contributed by atoms with van der Waals surface area (Å²) >= 11 is 5.08. The Bertz CT molecular complexity index is 918. The first-order valence-electron chi connectivity index (χ1n) is 10.2. The predicted octanol–water partition coefficient (Wildman–Crippen LogP) is 4.86. The van der Waals surface area contributed by atoms with Gasteiger partial charge < -0.3 is 15.0 Å². The van der Waals surface area contributed by atoms with Gasteiger partial charge in [-0.3, -0.25) is 15.1 Å². The van der Waals surface area contributed by atoms with Crippen molar-refractivity contribution in [3.63, 3.8) is 0 Å². The number of hydrogen-bond donors (Lipinski definition) is 2. The molecule has 0 radical (unpaired) electrons. The minimum atomic E-state index is -4.59. The van der Waals surface area contributed by atoms with Crippen LogP contribution in [0.5, 0.6) is 5.75 Å². The number of nitrogens with zero attached hydrogens (tertiary/aromatic N) is 2. The highest BCUT2D eigenvalue weighted by atomic mass is 32.1. The molecule has 2 rings (SSSR count). The molecule has 0 bridgehead atoms. The largest absolute Gasteiger partial charge is 0.493 e. The minimum absolute atomic E-state index is 0.0861. The van der Waals surface area contributed by atoms with Crippen LogP contribution in [-0.2, 0) is 12.7 Å². The Balaban J connectivity index is 2.03. The monoisotopic (exact) mass is 468 g/mol. The van der Waals surface area contributed by atoms with E-state index < -0.39 is 17.6 Å². The standard InChI is InChI=1S/C22H27F3N4O2S/c1-4-5-6-11-31-19-10-9-16(12-18(19)22(23,24)25)27-21(32)28-20(30)15-7-8-17(26-13-15)14-29(2)3/h7-10,12-13H,4-6,11,14H2,1-3H3,(H2,27,28,30,32). The first kappa shape index (κ1) is 25.5. The molecule has 0 saturated heterocycles. The van der Waals surface area contributed by atoms with E-state index in [4.69, 9.17) is 17.0 Å².